The highest BCUT2D eigenvalue weighted by atomic mass is 16.6. The maximum Gasteiger partial charge on any atom is 0.410 e. The van der Waals surface area contributed by atoms with Crippen LogP contribution in [0.5, 0.6) is 0 Å². The van der Waals surface area contributed by atoms with Gasteiger partial charge in [0.1, 0.15) is 5.60 Å². The Morgan fingerprint density at radius 2 is 1.84 bits per heavy atom. The number of ether oxygens (including phenoxy) is 2. The summed E-state index contributed by atoms with van der Waals surface area (Å²) in [4.78, 5) is 34.0. The van der Waals surface area contributed by atoms with E-state index in [1.807, 2.05) is 33.8 Å². The largest absolute Gasteiger partial charge is 0.444 e. The molecule has 37 heavy (non-hydrogen) atoms. The quantitative estimate of drug-likeness (QED) is 0.615. The molecule has 1 atom stereocenters. The first kappa shape index (κ1) is 27.1. The van der Waals surface area contributed by atoms with Gasteiger partial charge in [0.15, 0.2) is 0 Å². The molecule has 1 aromatic carbocycles. The molecule has 1 aromatic heterocycles. The van der Waals surface area contributed by atoms with E-state index in [0.29, 0.717) is 13.1 Å². The number of anilines is 1. The number of aryl methyl sites for hydroxylation is 1. The van der Waals surface area contributed by atoms with Crippen molar-refractivity contribution in [3.8, 4) is 11.3 Å². The van der Waals surface area contributed by atoms with Gasteiger partial charge in [-0.15, -0.1) is 0 Å². The molecule has 2 aromatic rings. The fourth-order valence-corrected chi connectivity index (χ4v) is 4.95. The SMILES string of the molecule is CC(=O)Nc1c(C)cc(C2CCCN(C(=O)OC(C)(C)C)C2)nc1-c1ccc(CN2CCOCC2)cc1. The normalized spacial score (nSPS) is 18.9. The monoisotopic (exact) mass is 508 g/mol. The van der Waals surface area contributed by atoms with Gasteiger partial charge in [-0.1, -0.05) is 24.3 Å². The summed E-state index contributed by atoms with van der Waals surface area (Å²) in [5.74, 6) is -0.0257. The molecule has 0 bridgehead atoms. The Morgan fingerprint density at radius 3 is 2.49 bits per heavy atom. The number of hydrogen-bond acceptors (Lipinski definition) is 6. The Hall–Kier alpha value is -2.97. The minimum atomic E-state index is -0.528. The van der Waals surface area contributed by atoms with Gasteiger partial charge in [0.2, 0.25) is 5.91 Å². The highest BCUT2D eigenvalue weighted by molar-refractivity contribution is 5.94. The van der Waals surface area contributed by atoms with Gasteiger partial charge in [-0.3, -0.25) is 14.7 Å². The average molecular weight is 509 g/mol. The van der Waals surface area contributed by atoms with E-state index < -0.39 is 5.60 Å². The van der Waals surface area contributed by atoms with Crippen LogP contribution >= 0.6 is 0 Å². The van der Waals surface area contributed by atoms with E-state index in [1.54, 1.807) is 4.90 Å². The Labute approximate surface area is 220 Å². The van der Waals surface area contributed by atoms with Crippen molar-refractivity contribution in [2.75, 3.05) is 44.7 Å². The number of likely N-dealkylation sites (tertiary alicyclic amines) is 1. The molecule has 200 valence electrons. The number of rotatable bonds is 5. The van der Waals surface area contributed by atoms with Crippen LogP contribution in [-0.4, -0.2) is 71.8 Å². The molecule has 2 aliphatic heterocycles. The third-order valence-electron chi connectivity index (χ3n) is 6.77. The third kappa shape index (κ3) is 7.29. The van der Waals surface area contributed by atoms with Crippen molar-refractivity contribution in [1.29, 1.82) is 0 Å². The lowest BCUT2D eigenvalue weighted by atomic mass is 9.92. The first-order valence-corrected chi connectivity index (χ1v) is 13.3. The number of morpholine rings is 1. The number of pyridine rings is 1. The van der Waals surface area contributed by atoms with Gasteiger partial charge in [0.05, 0.1) is 24.6 Å². The summed E-state index contributed by atoms with van der Waals surface area (Å²) in [6.45, 7) is 14.8. The molecule has 0 spiro atoms. The first-order chi connectivity index (χ1) is 17.6. The molecular formula is C29H40N4O4. The van der Waals surface area contributed by atoms with E-state index in [-0.39, 0.29) is 17.9 Å². The summed E-state index contributed by atoms with van der Waals surface area (Å²) < 4.78 is 11.1. The Morgan fingerprint density at radius 1 is 1.14 bits per heavy atom. The minimum absolute atomic E-state index is 0.102. The van der Waals surface area contributed by atoms with Crippen LogP contribution in [-0.2, 0) is 20.8 Å². The molecule has 4 rings (SSSR count). The summed E-state index contributed by atoms with van der Waals surface area (Å²) >= 11 is 0. The smallest absolute Gasteiger partial charge is 0.410 e. The fraction of sp³-hybridized carbons (Fsp3) is 0.552. The Kier molecular flexibility index (Phi) is 8.49. The molecule has 0 saturated carbocycles. The van der Waals surface area contributed by atoms with E-state index in [9.17, 15) is 9.59 Å². The summed E-state index contributed by atoms with van der Waals surface area (Å²) in [5, 5.41) is 3.00. The Bertz CT molecular complexity index is 1100. The van der Waals surface area contributed by atoms with E-state index in [4.69, 9.17) is 14.5 Å². The lowest BCUT2D eigenvalue weighted by Gasteiger charge is -2.34. The number of hydrogen-bond donors (Lipinski definition) is 1. The molecule has 0 aliphatic carbocycles. The van der Waals surface area contributed by atoms with Crippen LogP contribution in [0.25, 0.3) is 11.3 Å². The van der Waals surface area contributed by atoms with Gasteiger partial charge in [0, 0.05) is 56.8 Å². The second-order valence-corrected chi connectivity index (χ2v) is 11.1. The van der Waals surface area contributed by atoms with Crippen molar-refractivity contribution in [2.45, 2.75) is 65.5 Å². The topological polar surface area (TPSA) is 84.0 Å². The van der Waals surface area contributed by atoms with E-state index in [2.05, 4.69) is 34.5 Å². The molecule has 2 aliphatic rings. The number of aromatic nitrogens is 1. The molecule has 3 heterocycles. The van der Waals surface area contributed by atoms with Crippen molar-refractivity contribution in [3.05, 3.63) is 47.2 Å². The highest BCUT2D eigenvalue weighted by Gasteiger charge is 2.30. The van der Waals surface area contributed by atoms with Gasteiger partial charge in [-0.05, 0) is 57.7 Å². The lowest BCUT2D eigenvalue weighted by molar-refractivity contribution is -0.114. The maximum atomic E-state index is 12.7. The van der Waals surface area contributed by atoms with Crippen molar-refractivity contribution in [2.24, 2.45) is 0 Å². The van der Waals surface area contributed by atoms with Crippen LogP contribution < -0.4 is 5.32 Å². The molecule has 2 amide bonds. The van der Waals surface area contributed by atoms with Crippen molar-refractivity contribution in [3.63, 3.8) is 0 Å². The van der Waals surface area contributed by atoms with Gasteiger partial charge in [-0.2, -0.15) is 0 Å². The molecule has 8 nitrogen and oxygen atoms in total. The van der Waals surface area contributed by atoms with Crippen LogP contribution in [0.1, 0.15) is 63.3 Å². The molecule has 0 radical (unpaired) electrons. The van der Waals surface area contributed by atoms with Crippen LogP contribution in [0.2, 0.25) is 0 Å². The number of carbonyl (C=O) groups excluding carboxylic acids is 2. The summed E-state index contributed by atoms with van der Waals surface area (Å²) in [5.41, 5.74) is 5.06. The fourth-order valence-electron chi connectivity index (χ4n) is 4.95. The number of amides is 2. The van der Waals surface area contributed by atoms with E-state index in [0.717, 1.165) is 73.9 Å². The summed E-state index contributed by atoms with van der Waals surface area (Å²) in [7, 11) is 0. The molecule has 1 N–H and O–H groups in total. The zero-order chi connectivity index (χ0) is 26.6. The van der Waals surface area contributed by atoms with Crippen LogP contribution in [0.15, 0.2) is 30.3 Å². The van der Waals surface area contributed by atoms with Crippen LogP contribution in [0.4, 0.5) is 10.5 Å². The molecule has 2 fully saturated rings. The molecule has 8 heteroatoms. The zero-order valence-corrected chi connectivity index (χ0v) is 22.8. The molecular weight excluding hydrogens is 468 g/mol. The van der Waals surface area contributed by atoms with Crippen molar-refractivity contribution >= 4 is 17.7 Å². The number of nitrogens with one attached hydrogen (secondary N) is 1. The maximum absolute atomic E-state index is 12.7. The lowest BCUT2D eigenvalue weighted by Crippen LogP contribution is -2.42. The zero-order valence-electron chi connectivity index (χ0n) is 22.8. The number of piperidine rings is 1. The second-order valence-electron chi connectivity index (χ2n) is 11.1. The second kappa shape index (κ2) is 11.6. The predicted molar refractivity (Wildman–Crippen MR) is 145 cm³/mol. The van der Waals surface area contributed by atoms with E-state index >= 15 is 0 Å². The van der Waals surface area contributed by atoms with Gasteiger partial charge < -0.3 is 19.7 Å². The van der Waals surface area contributed by atoms with E-state index in [1.165, 1.54) is 12.5 Å². The summed E-state index contributed by atoms with van der Waals surface area (Å²) in [6, 6.07) is 10.5. The number of benzene rings is 1. The highest BCUT2D eigenvalue weighted by Crippen LogP contribution is 2.35. The average Bonchev–Trinajstić information content (AvgIpc) is 2.85. The summed E-state index contributed by atoms with van der Waals surface area (Å²) in [6.07, 6.45) is 1.56. The third-order valence-corrected chi connectivity index (χ3v) is 6.77. The van der Waals surface area contributed by atoms with Crippen molar-refractivity contribution in [1.82, 2.24) is 14.8 Å². The number of nitrogens with zero attached hydrogens (tertiary/aromatic N) is 3. The Balaban J connectivity index is 1.59. The van der Waals surface area contributed by atoms with Gasteiger partial charge in [0.25, 0.3) is 0 Å². The van der Waals surface area contributed by atoms with Crippen LogP contribution in [0.3, 0.4) is 0 Å². The van der Waals surface area contributed by atoms with Gasteiger partial charge >= 0.3 is 6.09 Å². The van der Waals surface area contributed by atoms with Gasteiger partial charge in [-0.25, -0.2) is 4.79 Å². The van der Waals surface area contributed by atoms with Crippen LogP contribution in [0, 0.1) is 6.92 Å². The van der Waals surface area contributed by atoms with Crippen molar-refractivity contribution < 1.29 is 19.1 Å². The predicted octanol–water partition coefficient (Wildman–Crippen LogP) is 4.96. The molecule has 2 saturated heterocycles. The number of carbonyl (C=O) groups is 2. The first-order valence-electron chi connectivity index (χ1n) is 13.3. The molecule has 1 unspecified atom stereocenters. The minimum Gasteiger partial charge on any atom is -0.444 e. The standard InChI is InChI=1S/C29H40N4O4/c1-20-17-25(24-7-6-12-33(19-24)28(35)37-29(3,4)5)31-27(26(20)30-21(2)34)23-10-8-22(9-11-23)18-32-13-15-36-16-14-32/h8-11,17,24H,6-7,12-16,18-19H2,1-5H3,(H,30,34).